The van der Waals surface area contributed by atoms with Gasteiger partial charge in [-0.15, -0.1) is 0 Å². The molecule has 1 aromatic carbocycles. The van der Waals surface area contributed by atoms with Gasteiger partial charge in [0.05, 0.1) is 24.8 Å². The van der Waals surface area contributed by atoms with Gasteiger partial charge in [-0.1, -0.05) is 12.8 Å². The molecule has 0 atom stereocenters. The molecule has 29 heavy (non-hydrogen) atoms. The van der Waals surface area contributed by atoms with Crippen LogP contribution in [0.5, 0.6) is 5.75 Å². The van der Waals surface area contributed by atoms with Gasteiger partial charge in [-0.05, 0) is 38.7 Å². The van der Waals surface area contributed by atoms with Gasteiger partial charge >= 0.3 is 5.97 Å². The Morgan fingerprint density at radius 1 is 1.17 bits per heavy atom. The van der Waals surface area contributed by atoms with Crippen molar-refractivity contribution in [2.24, 2.45) is 0 Å². The number of halogens is 1. The third-order valence-electron chi connectivity index (χ3n) is 5.52. The number of carbonyl (C=O) groups is 1. The van der Waals surface area contributed by atoms with Crippen molar-refractivity contribution in [2.45, 2.75) is 57.6 Å². The molecule has 0 bridgehead atoms. The summed E-state index contributed by atoms with van der Waals surface area (Å²) in [5, 5.41) is 0.162. The summed E-state index contributed by atoms with van der Waals surface area (Å²) in [6, 6.07) is 2.88. The van der Waals surface area contributed by atoms with Gasteiger partial charge in [0, 0.05) is 23.7 Å². The van der Waals surface area contributed by atoms with Crippen molar-refractivity contribution in [1.82, 2.24) is 4.57 Å². The van der Waals surface area contributed by atoms with Crippen molar-refractivity contribution in [3.63, 3.8) is 0 Å². The maximum Gasteiger partial charge on any atom is 0.343 e. The normalized spacial score (nSPS) is 17.0. The van der Waals surface area contributed by atoms with Crippen LogP contribution in [0.2, 0.25) is 0 Å². The number of fused-ring (bicyclic) bond motifs is 1. The summed E-state index contributed by atoms with van der Waals surface area (Å²) >= 11 is 0. The van der Waals surface area contributed by atoms with E-state index in [1.165, 1.54) is 19.0 Å². The molecule has 2 aliphatic rings. The molecule has 2 aliphatic carbocycles. The molecule has 2 saturated carbocycles. The molecule has 4 rings (SSSR count). The Morgan fingerprint density at radius 3 is 2.62 bits per heavy atom. The quantitative estimate of drug-likeness (QED) is 0.493. The van der Waals surface area contributed by atoms with E-state index in [4.69, 9.17) is 14.2 Å². The SMILES string of the molecule is CCOc1cc2c(cc1F)c(=O)c(C(=O)OCCOC1CCCC1)cn2C1CC1. The average Bonchev–Trinajstić information content (AvgIpc) is 3.42. The van der Waals surface area contributed by atoms with Gasteiger partial charge in [0.15, 0.2) is 11.6 Å². The van der Waals surface area contributed by atoms with Crippen LogP contribution in [0, 0.1) is 5.82 Å². The smallest absolute Gasteiger partial charge is 0.343 e. The molecule has 0 spiro atoms. The lowest BCUT2D eigenvalue weighted by Gasteiger charge is -2.15. The summed E-state index contributed by atoms with van der Waals surface area (Å²) < 4.78 is 32.5. The van der Waals surface area contributed by atoms with E-state index >= 15 is 0 Å². The Kier molecular flexibility index (Phi) is 5.85. The van der Waals surface area contributed by atoms with Gasteiger partial charge in [0.1, 0.15) is 12.2 Å². The van der Waals surface area contributed by atoms with Gasteiger partial charge in [-0.25, -0.2) is 9.18 Å². The maximum absolute atomic E-state index is 14.4. The van der Waals surface area contributed by atoms with Gasteiger partial charge < -0.3 is 18.8 Å². The number of aromatic nitrogens is 1. The van der Waals surface area contributed by atoms with Gasteiger partial charge in [-0.3, -0.25) is 4.79 Å². The number of pyridine rings is 1. The molecule has 0 unspecified atom stereocenters. The minimum Gasteiger partial charge on any atom is -0.491 e. The van der Waals surface area contributed by atoms with Crippen LogP contribution in [0.15, 0.2) is 23.1 Å². The highest BCUT2D eigenvalue weighted by Crippen LogP contribution is 2.38. The highest BCUT2D eigenvalue weighted by Gasteiger charge is 2.28. The lowest BCUT2D eigenvalue weighted by molar-refractivity contribution is 0.00966. The summed E-state index contributed by atoms with van der Waals surface area (Å²) in [5.41, 5.74) is -0.0298. The van der Waals surface area contributed by atoms with E-state index in [-0.39, 0.29) is 35.5 Å². The van der Waals surface area contributed by atoms with Crippen LogP contribution in [0.1, 0.15) is 61.8 Å². The molecular formula is C22H26FNO5. The highest BCUT2D eigenvalue weighted by atomic mass is 19.1. The molecule has 7 heteroatoms. The summed E-state index contributed by atoms with van der Waals surface area (Å²) in [6.07, 6.45) is 8.10. The second kappa shape index (κ2) is 8.53. The van der Waals surface area contributed by atoms with E-state index in [1.54, 1.807) is 13.0 Å². The van der Waals surface area contributed by atoms with E-state index in [9.17, 15) is 14.0 Å². The third kappa shape index (κ3) is 4.29. The van der Waals surface area contributed by atoms with E-state index in [2.05, 4.69) is 0 Å². The minimum atomic E-state index is -0.699. The first kappa shape index (κ1) is 19.9. The van der Waals surface area contributed by atoms with Crippen molar-refractivity contribution in [2.75, 3.05) is 19.8 Å². The van der Waals surface area contributed by atoms with Crippen LogP contribution < -0.4 is 10.2 Å². The van der Waals surface area contributed by atoms with Crippen LogP contribution >= 0.6 is 0 Å². The lowest BCUT2D eigenvalue weighted by atomic mass is 10.1. The predicted octanol–water partition coefficient (Wildman–Crippen LogP) is 3.99. The van der Waals surface area contributed by atoms with E-state index in [1.807, 2.05) is 4.57 Å². The fourth-order valence-corrected chi connectivity index (χ4v) is 3.90. The van der Waals surface area contributed by atoms with Crippen LogP contribution in [-0.2, 0) is 9.47 Å². The molecule has 6 nitrogen and oxygen atoms in total. The van der Waals surface area contributed by atoms with Crippen molar-refractivity contribution in [1.29, 1.82) is 0 Å². The molecule has 2 aromatic rings. The second-order valence-electron chi connectivity index (χ2n) is 7.66. The molecule has 2 fully saturated rings. The van der Waals surface area contributed by atoms with Gasteiger partial charge in [0.2, 0.25) is 5.43 Å². The predicted molar refractivity (Wildman–Crippen MR) is 106 cm³/mol. The first-order chi connectivity index (χ1) is 14.1. The van der Waals surface area contributed by atoms with Crippen molar-refractivity contribution >= 4 is 16.9 Å². The van der Waals surface area contributed by atoms with Crippen LogP contribution in [-0.4, -0.2) is 36.5 Å². The number of nitrogens with zero attached hydrogens (tertiary/aromatic N) is 1. The molecule has 0 aliphatic heterocycles. The van der Waals surface area contributed by atoms with Crippen LogP contribution in [0.25, 0.3) is 10.9 Å². The minimum absolute atomic E-state index is 0.0752. The van der Waals surface area contributed by atoms with Gasteiger partial charge in [0.25, 0.3) is 0 Å². The van der Waals surface area contributed by atoms with Crippen molar-refractivity contribution in [3.05, 3.63) is 39.9 Å². The number of ether oxygens (including phenoxy) is 3. The highest BCUT2D eigenvalue weighted by molar-refractivity contribution is 5.94. The van der Waals surface area contributed by atoms with E-state index in [0.717, 1.165) is 31.7 Å². The molecule has 1 heterocycles. The number of carbonyl (C=O) groups excluding carboxylic acids is 1. The monoisotopic (exact) mass is 403 g/mol. The standard InChI is InChI=1S/C22H26FNO5/c1-2-27-20-12-19-16(11-18(20)23)21(25)17(13-24(19)14-7-8-14)22(26)29-10-9-28-15-5-3-4-6-15/h11-15H,2-10H2,1H3. The fourth-order valence-electron chi connectivity index (χ4n) is 3.90. The first-order valence-electron chi connectivity index (χ1n) is 10.4. The van der Waals surface area contributed by atoms with Gasteiger partial charge in [-0.2, -0.15) is 0 Å². The topological polar surface area (TPSA) is 66.8 Å². The second-order valence-corrected chi connectivity index (χ2v) is 7.66. The van der Waals surface area contributed by atoms with E-state index in [0.29, 0.717) is 18.7 Å². The Labute approximate surface area is 168 Å². The maximum atomic E-state index is 14.4. The molecule has 0 saturated heterocycles. The van der Waals surface area contributed by atoms with E-state index < -0.39 is 17.2 Å². The third-order valence-corrected chi connectivity index (χ3v) is 5.52. The molecule has 1 aromatic heterocycles. The molecular weight excluding hydrogens is 377 g/mol. The number of rotatable bonds is 8. The number of hydrogen-bond acceptors (Lipinski definition) is 5. The Morgan fingerprint density at radius 2 is 1.93 bits per heavy atom. The molecule has 156 valence electrons. The summed E-state index contributed by atoms with van der Waals surface area (Å²) in [5.74, 6) is -1.21. The first-order valence-corrected chi connectivity index (χ1v) is 10.4. The summed E-state index contributed by atoms with van der Waals surface area (Å²) in [6.45, 7) is 2.50. The average molecular weight is 403 g/mol. The Bertz CT molecular complexity index is 960. The Balaban J connectivity index is 1.57. The summed E-state index contributed by atoms with van der Waals surface area (Å²) in [4.78, 5) is 25.4. The summed E-state index contributed by atoms with van der Waals surface area (Å²) in [7, 11) is 0. The molecule has 0 amide bonds. The van der Waals surface area contributed by atoms with Crippen LogP contribution in [0.4, 0.5) is 4.39 Å². The zero-order chi connectivity index (χ0) is 20.4. The Hall–Kier alpha value is -2.41. The molecule has 0 radical (unpaired) electrons. The number of esters is 1. The lowest BCUT2D eigenvalue weighted by Crippen LogP contribution is -2.22. The molecule has 0 N–H and O–H groups in total. The zero-order valence-electron chi connectivity index (χ0n) is 16.6. The number of benzene rings is 1. The largest absolute Gasteiger partial charge is 0.491 e. The zero-order valence-corrected chi connectivity index (χ0v) is 16.6. The van der Waals surface area contributed by atoms with Crippen molar-refractivity contribution < 1.29 is 23.4 Å². The number of hydrogen-bond donors (Lipinski definition) is 0. The van der Waals surface area contributed by atoms with Crippen molar-refractivity contribution in [3.8, 4) is 5.75 Å². The fraction of sp³-hybridized carbons (Fsp3) is 0.545. The van der Waals surface area contributed by atoms with Crippen LogP contribution in [0.3, 0.4) is 0 Å².